The van der Waals surface area contributed by atoms with Crippen molar-refractivity contribution in [3.63, 3.8) is 0 Å². The van der Waals surface area contributed by atoms with E-state index in [2.05, 4.69) is 21.2 Å². The summed E-state index contributed by atoms with van der Waals surface area (Å²) < 4.78 is 0.851. The van der Waals surface area contributed by atoms with Crippen molar-refractivity contribution in [3.8, 4) is 0 Å². The molecule has 0 fully saturated rings. The number of carbonyl (C=O) groups excluding carboxylic acids is 1. The summed E-state index contributed by atoms with van der Waals surface area (Å²) in [5.41, 5.74) is 2.04. The Kier molecular flexibility index (Phi) is 4.12. The molecule has 2 N–H and O–H groups in total. The molecule has 92 valence electrons. The van der Waals surface area contributed by atoms with Crippen molar-refractivity contribution >= 4 is 28.0 Å². The molecule has 1 unspecified atom stereocenters. The molecule has 18 heavy (non-hydrogen) atoms. The van der Waals surface area contributed by atoms with E-state index < -0.39 is 6.10 Å². The highest BCUT2D eigenvalue weighted by molar-refractivity contribution is 9.10. The quantitative estimate of drug-likeness (QED) is 0.853. The van der Waals surface area contributed by atoms with Crippen molar-refractivity contribution in [1.29, 1.82) is 0 Å². The molecule has 0 aromatic heterocycles. The van der Waals surface area contributed by atoms with Gasteiger partial charge in [0.2, 0.25) is 6.41 Å². The number of amides is 1. The van der Waals surface area contributed by atoms with E-state index in [1.165, 1.54) is 0 Å². The average molecular weight is 306 g/mol. The number of nitrogens with one attached hydrogen (secondary N) is 1. The molecule has 1 atom stereocenters. The van der Waals surface area contributed by atoms with Crippen LogP contribution in [-0.4, -0.2) is 11.5 Å². The van der Waals surface area contributed by atoms with Gasteiger partial charge in [0.15, 0.2) is 0 Å². The van der Waals surface area contributed by atoms with E-state index in [4.69, 9.17) is 0 Å². The van der Waals surface area contributed by atoms with Crippen molar-refractivity contribution in [1.82, 2.24) is 0 Å². The van der Waals surface area contributed by atoms with E-state index in [0.717, 1.165) is 10.0 Å². The van der Waals surface area contributed by atoms with Gasteiger partial charge in [-0.2, -0.15) is 0 Å². The Bertz CT molecular complexity index is 543. The van der Waals surface area contributed by atoms with E-state index in [-0.39, 0.29) is 0 Å². The van der Waals surface area contributed by atoms with Crippen molar-refractivity contribution < 1.29 is 9.90 Å². The Hall–Kier alpha value is -1.65. The smallest absolute Gasteiger partial charge is 0.211 e. The molecule has 3 nitrogen and oxygen atoms in total. The van der Waals surface area contributed by atoms with Gasteiger partial charge >= 0.3 is 0 Å². The average Bonchev–Trinajstić information content (AvgIpc) is 2.41. The topological polar surface area (TPSA) is 49.3 Å². The Balaban J connectivity index is 2.43. The third-order valence-corrected chi connectivity index (χ3v) is 3.13. The third kappa shape index (κ3) is 2.78. The molecule has 0 aliphatic rings. The molecule has 2 rings (SSSR count). The Morgan fingerprint density at radius 3 is 2.56 bits per heavy atom. The molecule has 0 bridgehead atoms. The van der Waals surface area contributed by atoms with Crippen LogP contribution in [0.2, 0.25) is 0 Å². The molecule has 0 saturated heterocycles. The summed E-state index contributed by atoms with van der Waals surface area (Å²) in [6, 6.07) is 14.7. The minimum absolute atomic E-state index is 0.601. The van der Waals surface area contributed by atoms with Crippen LogP contribution in [0.25, 0.3) is 0 Å². The molecule has 4 heteroatoms. The van der Waals surface area contributed by atoms with Gasteiger partial charge in [-0.3, -0.25) is 4.79 Å². The number of aliphatic hydroxyl groups is 1. The van der Waals surface area contributed by atoms with E-state index in [1.807, 2.05) is 36.4 Å². The summed E-state index contributed by atoms with van der Waals surface area (Å²) >= 11 is 3.36. The molecule has 0 radical (unpaired) electrons. The summed E-state index contributed by atoms with van der Waals surface area (Å²) in [4.78, 5) is 10.6. The van der Waals surface area contributed by atoms with Crippen LogP contribution in [0.5, 0.6) is 0 Å². The summed E-state index contributed by atoms with van der Waals surface area (Å²) in [6.07, 6.45) is -0.170. The zero-order valence-corrected chi connectivity index (χ0v) is 11.1. The Morgan fingerprint density at radius 2 is 1.89 bits per heavy atom. The fraction of sp³-hybridized carbons (Fsp3) is 0.0714. The van der Waals surface area contributed by atoms with Gasteiger partial charge < -0.3 is 10.4 Å². The molecule has 2 aromatic carbocycles. The van der Waals surface area contributed by atoms with E-state index >= 15 is 0 Å². The Labute approximate surface area is 114 Å². The molecule has 0 aliphatic carbocycles. The molecule has 0 saturated carbocycles. The van der Waals surface area contributed by atoms with Crippen LogP contribution < -0.4 is 5.32 Å². The van der Waals surface area contributed by atoms with Crippen LogP contribution in [0.15, 0.2) is 53.0 Å². The normalized spacial score (nSPS) is 11.9. The maximum absolute atomic E-state index is 10.6. The SMILES string of the molecule is O=CNc1ccc(Br)cc1C(O)c1ccccc1. The molecule has 0 aliphatic heterocycles. The van der Waals surface area contributed by atoms with Crippen molar-refractivity contribution in [3.05, 3.63) is 64.1 Å². The lowest BCUT2D eigenvalue weighted by atomic mass is 10.00. The van der Waals surface area contributed by atoms with Gasteiger partial charge in [0.1, 0.15) is 6.10 Å². The number of aliphatic hydroxyl groups excluding tert-OH is 1. The lowest BCUT2D eigenvalue weighted by Gasteiger charge is -2.15. The molecular formula is C14H12BrNO2. The molecular weight excluding hydrogens is 294 g/mol. The van der Waals surface area contributed by atoms with Gasteiger partial charge in [0.25, 0.3) is 0 Å². The first-order valence-corrected chi connectivity index (χ1v) is 6.24. The maximum atomic E-state index is 10.6. The zero-order valence-electron chi connectivity index (χ0n) is 9.51. The summed E-state index contributed by atoms with van der Waals surface area (Å²) in [5.74, 6) is 0. The first-order valence-electron chi connectivity index (χ1n) is 5.45. The van der Waals surface area contributed by atoms with E-state index in [0.29, 0.717) is 17.7 Å². The number of rotatable bonds is 4. The van der Waals surface area contributed by atoms with Gasteiger partial charge in [-0.25, -0.2) is 0 Å². The first kappa shape index (κ1) is 12.8. The number of hydrogen-bond donors (Lipinski definition) is 2. The number of hydrogen-bond acceptors (Lipinski definition) is 2. The standard InChI is InChI=1S/C14H12BrNO2/c15-11-6-7-13(16-9-17)12(8-11)14(18)10-4-2-1-3-5-10/h1-9,14,18H,(H,16,17). The maximum Gasteiger partial charge on any atom is 0.211 e. The zero-order chi connectivity index (χ0) is 13.0. The van der Waals surface area contributed by atoms with Crippen molar-refractivity contribution in [2.24, 2.45) is 0 Å². The molecule has 0 heterocycles. The van der Waals surface area contributed by atoms with E-state index in [1.54, 1.807) is 12.1 Å². The predicted octanol–water partition coefficient (Wildman–Crippen LogP) is 3.10. The highest BCUT2D eigenvalue weighted by Gasteiger charge is 2.14. The lowest BCUT2D eigenvalue weighted by Crippen LogP contribution is -2.05. The molecule has 1 amide bonds. The third-order valence-electron chi connectivity index (χ3n) is 2.64. The largest absolute Gasteiger partial charge is 0.384 e. The van der Waals surface area contributed by atoms with Gasteiger partial charge in [0, 0.05) is 15.7 Å². The summed E-state index contributed by atoms with van der Waals surface area (Å²) in [6.45, 7) is 0. The van der Waals surface area contributed by atoms with Crippen LogP contribution in [0, 0.1) is 0 Å². The fourth-order valence-electron chi connectivity index (χ4n) is 1.77. The van der Waals surface area contributed by atoms with Crippen molar-refractivity contribution in [2.75, 3.05) is 5.32 Å². The number of anilines is 1. The predicted molar refractivity (Wildman–Crippen MR) is 74.3 cm³/mol. The minimum atomic E-state index is -0.772. The van der Waals surface area contributed by atoms with Gasteiger partial charge in [-0.15, -0.1) is 0 Å². The second kappa shape index (κ2) is 5.80. The van der Waals surface area contributed by atoms with Crippen LogP contribution >= 0.6 is 15.9 Å². The molecule has 0 spiro atoms. The number of benzene rings is 2. The number of halogens is 1. The molecule has 2 aromatic rings. The highest BCUT2D eigenvalue weighted by atomic mass is 79.9. The minimum Gasteiger partial charge on any atom is -0.384 e. The van der Waals surface area contributed by atoms with Gasteiger partial charge in [-0.05, 0) is 23.8 Å². The highest BCUT2D eigenvalue weighted by Crippen LogP contribution is 2.30. The van der Waals surface area contributed by atoms with Crippen LogP contribution in [0.1, 0.15) is 17.2 Å². The van der Waals surface area contributed by atoms with Crippen LogP contribution in [0.4, 0.5) is 5.69 Å². The monoisotopic (exact) mass is 305 g/mol. The lowest BCUT2D eigenvalue weighted by molar-refractivity contribution is -0.105. The second-order valence-electron chi connectivity index (χ2n) is 3.81. The summed E-state index contributed by atoms with van der Waals surface area (Å²) in [5, 5.41) is 12.9. The van der Waals surface area contributed by atoms with E-state index in [9.17, 15) is 9.90 Å². The summed E-state index contributed by atoms with van der Waals surface area (Å²) in [7, 11) is 0. The Morgan fingerprint density at radius 1 is 1.17 bits per heavy atom. The second-order valence-corrected chi connectivity index (χ2v) is 4.72. The van der Waals surface area contributed by atoms with Gasteiger partial charge in [-0.1, -0.05) is 46.3 Å². The van der Waals surface area contributed by atoms with Crippen LogP contribution in [0.3, 0.4) is 0 Å². The van der Waals surface area contributed by atoms with Crippen molar-refractivity contribution in [2.45, 2.75) is 6.10 Å². The van der Waals surface area contributed by atoms with Gasteiger partial charge in [0.05, 0.1) is 0 Å². The first-order chi connectivity index (χ1) is 8.72. The number of carbonyl (C=O) groups is 1. The fourth-order valence-corrected chi connectivity index (χ4v) is 2.15. The van der Waals surface area contributed by atoms with Crippen LogP contribution in [-0.2, 0) is 4.79 Å².